The molecule has 1 aliphatic carbocycles. The van der Waals surface area contributed by atoms with Gasteiger partial charge < -0.3 is 24.3 Å². The predicted octanol–water partition coefficient (Wildman–Crippen LogP) is 3.85. The summed E-state index contributed by atoms with van der Waals surface area (Å²) in [4.78, 5) is 40.5. The van der Waals surface area contributed by atoms with Gasteiger partial charge >= 0.3 is 11.9 Å². The number of esters is 2. The van der Waals surface area contributed by atoms with E-state index in [0.717, 1.165) is 12.8 Å². The van der Waals surface area contributed by atoms with Crippen molar-refractivity contribution in [2.75, 3.05) is 20.4 Å². The molecule has 3 rings (SSSR count). The quantitative estimate of drug-likeness (QED) is 0.367. The number of hydrogen-bond acceptors (Lipinski definition) is 8. The van der Waals surface area contributed by atoms with Crippen molar-refractivity contribution in [3.63, 3.8) is 0 Å². The van der Waals surface area contributed by atoms with Crippen LogP contribution in [0.2, 0.25) is 0 Å². The molecule has 0 saturated heterocycles. The molecule has 1 fully saturated rings. The van der Waals surface area contributed by atoms with Crippen molar-refractivity contribution in [3.8, 4) is 11.5 Å². The van der Waals surface area contributed by atoms with Crippen LogP contribution < -0.4 is 14.8 Å². The Morgan fingerprint density at radius 2 is 1.92 bits per heavy atom. The number of pyridine rings is 1. The molecule has 0 radical (unpaired) electrons. The maximum absolute atomic E-state index is 12.8. The van der Waals surface area contributed by atoms with E-state index >= 15 is 0 Å². The lowest BCUT2D eigenvalue weighted by Crippen LogP contribution is -2.36. The number of nitrogens with one attached hydrogen (secondary N) is 1. The Balaban J connectivity index is 1.64. The molecule has 1 heterocycles. The van der Waals surface area contributed by atoms with E-state index in [-0.39, 0.29) is 35.8 Å². The molecule has 9 heteroatoms. The van der Waals surface area contributed by atoms with Gasteiger partial charge in [-0.15, -0.1) is 0 Å². The highest BCUT2D eigenvalue weighted by Crippen LogP contribution is 2.43. The second kappa shape index (κ2) is 12.4. The number of ether oxygens (including phenoxy) is 4. The molecule has 1 N–H and O–H groups in total. The monoisotopic (exact) mass is 498 g/mol. The summed E-state index contributed by atoms with van der Waals surface area (Å²) in [7, 11) is 1.41. The highest BCUT2D eigenvalue weighted by molar-refractivity contribution is 5.97. The first-order valence-corrected chi connectivity index (χ1v) is 12.0. The summed E-state index contributed by atoms with van der Waals surface area (Å²) in [5.74, 6) is -0.948. The van der Waals surface area contributed by atoms with Crippen LogP contribution in [0.1, 0.15) is 66.2 Å². The maximum Gasteiger partial charge on any atom is 0.325 e. The number of benzene rings is 1. The summed E-state index contributed by atoms with van der Waals surface area (Å²) in [6.07, 6.45) is 4.42. The number of amides is 1. The van der Waals surface area contributed by atoms with Gasteiger partial charge in [-0.1, -0.05) is 30.2 Å². The summed E-state index contributed by atoms with van der Waals surface area (Å²) in [5, 5.41) is 2.53. The van der Waals surface area contributed by atoms with Crippen LogP contribution in [0, 0.1) is 19.8 Å². The Kier molecular flexibility index (Phi) is 9.27. The van der Waals surface area contributed by atoms with E-state index in [2.05, 4.69) is 42.3 Å². The van der Waals surface area contributed by atoms with Crippen LogP contribution in [0.15, 0.2) is 30.5 Å². The zero-order chi connectivity index (χ0) is 26.2. The van der Waals surface area contributed by atoms with Crippen LogP contribution in [-0.2, 0) is 19.1 Å². The van der Waals surface area contributed by atoms with Gasteiger partial charge in [0.15, 0.2) is 17.2 Å². The van der Waals surface area contributed by atoms with Gasteiger partial charge in [0.25, 0.3) is 5.91 Å². The maximum atomic E-state index is 12.8. The number of nitrogens with zero attached hydrogens (tertiary/aromatic N) is 1. The summed E-state index contributed by atoms with van der Waals surface area (Å²) in [6, 6.07) is 7.87. The molecule has 1 aromatic heterocycles. The average Bonchev–Trinajstić information content (AvgIpc) is 2.80. The van der Waals surface area contributed by atoms with Gasteiger partial charge in [0.05, 0.1) is 7.11 Å². The van der Waals surface area contributed by atoms with Gasteiger partial charge in [0.2, 0.25) is 6.79 Å². The van der Waals surface area contributed by atoms with Crippen molar-refractivity contribution in [2.24, 2.45) is 5.92 Å². The van der Waals surface area contributed by atoms with Crippen LogP contribution >= 0.6 is 0 Å². The third kappa shape index (κ3) is 6.74. The van der Waals surface area contributed by atoms with Gasteiger partial charge in [-0.05, 0) is 50.7 Å². The molecule has 1 aliphatic rings. The van der Waals surface area contributed by atoms with Crippen LogP contribution in [0.5, 0.6) is 11.5 Å². The lowest BCUT2D eigenvalue weighted by molar-refractivity contribution is -0.149. The summed E-state index contributed by atoms with van der Waals surface area (Å²) < 4.78 is 21.2. The molecule has 194 valence electrons. The molecule has 2 aromatic rings. The minimum atomic E-state index is -0.652. The fraction of sp³-hybridized carbons (Fsp3) is 0.481. The van der Waals surface area contributed by atoms with Crippen LogP contribution in [0.3, 0.4) is 0 Å². The Morgan fingerprint density at radius 1 is 1.17 bits per heavy atom. The summed E-state index contributed by atoms with van der Waals surface area (Å²) >= 11 is 0. The SMILES string of the molecule is COc1ccnc(C(=O)NCC(=O)OC(C)C(c2ccc(C)cc2C)C2CCC2)c1OCOC(C)=O. The number of rotatable bonds is 11. The number of aromatic nitrogens is 1. The van der Waals surface area contributed by atoms with Crippen molar-refractivity contribution in [2.45, 2.75) is 59.0 Å². The van der Waals surface area contributed by atoms with Gasteiger partial charge in [0, 0.05) is 25.1 Å². The number of methoxy groups -OCH3 is 1. The van der Waals surface area contributed by atoms with Gasteiger partial charge in [-0.25, -0.2) is 4.98 Å². The Hall–Kier alpha value is -3.62. The molecule has 1 saturated carbocycles. The Bertz CT molecular complexity index is 1100. The summed E-state index contributed by atoms with van der Waals surface area (Å²) in [6.45, 7) is 6.54. The van der Waals surface area contributed by atoms with Crippen molar-refractivity contribution in [1.29, 1.82) is 0 Å². The third-order valence-corrected chi connectivity index (χ3v) is 6.43. The minimum absolute atomic E-state index is 0.000351. The van der Waals surface area contributed by atoms with E-state index in [9.17, 15) is 14.4 Å². The molecule has 1 amide bonds. The number of hydrogen-bond donors (Lipinski definition) is 1. The molecular formula is C27H34N2O7. The van der Waals surface area contributed by atoms with Crippen molar-refractivity contribution >= 4 is 17.8 Å². The van der Waals surface area contributed by atoms with E-state index < -0.39 is 24.6 Å². The van der Waals surface area contributed by atoms with Crippen LogP contribution in [-0.4, -0.2) is 49.4 Å². The average molecular weight is 499 g/mol. The first-order chi connectivity index (χ1) is 17.2. The van der Waals surface area contributed by atoms with E-state index in [0.29, 0.717) is 5.92 Å². The zero-order valence-electron chi connectivity index (χ0n) is 21.5. The van der Waals surface area contributed by atoms with E-state index in [1.54, 1.807) is 0 Å². The molecule has 2 unspecified atom stereocenters. The molecule has 0 bridgehead atoms. The molecule has 36 heavy (non-hydrogen) atoms. The lowest BCUT2D eigenvalue weighted by atomic mass is 9.70. The van der Waals surface area contributed by atoms with Crippen molar-refractivity contribution in [1.82, 2.24) is 10.3 Å². The Labute approximate surface area is 211 Å². The first kappa shape index (κ1) is 27.0. The highest BCUT2D eigenvalue weighted by Gasteiger charge is 2.35. The second-order valence-corrected chi connectivity index (χ2v) is 9.04. The van der Waals surface area contributed by atoms with Gasteiger partial charge in [0.1, 0.15) is 12.6 Å². The topological polar surface area (TPSA) is 113 Å². The fourth-order valence-corrected chi connectivity index (χ4v) is 4.51. The fourth-order valence-electron chi connectivity index (χ4n) is 4.51. The zero-order valence-corrected chi connectivity index (χ0v) is 21.5. The molecular weight excluding hydrogens is 464 g/mol. The minimum Gasteiger partial charge on any atom is -0.493 e. The number of carbonyl (C=O) groups is 3. The van der Waals surface area contributed by atoms with Crippen molar-refractivity contribution in [3.05, 3.63) is 52.8 Å². The normalized spacial score (nSPS) is 14.7. The molecule has 0 spiro atoms. The van der Waals surface area contributed by atoms with Crippen molar-refractivity contribution < 1.29 is 33.3 Å². The van der Waals surface area contributed by atoms with Crippen LogP contribution in [0.25, 0.3) is 0 Å². The molecule has 9 nitrogen and oxygen atoms in total. The largest absolute Gasteiger partial charge is 0.493 e. The highest BCUT2D eigenvalue weighted by atomic mass is 16.7. The Morgan fingerprint density at radius 3 is 2.53 bits per heavy atom. The predicted molar refractivity (Wildman–Crippen MR) is 132 cm³/mol. The molecule has 1 aromatic carbocycles. The van der Waals surface area contributed by atoms with E-state index in [4.69, 9.17) is 18.9 Å². The third-order valence-electron chi connectivity index (χ3n) is 6.43. The van der Waals surface area contributed by atoms with E-state index in [1.165, 1.54) is 49.4 Å². The van der Waals surface area contributed by atoms with Crippen LogP contribution in [0.4, 0.5) is 0 Å². The lowest BCUT2D eigenvalue weighted by Gasteiger charge is -2.38. The van der Waals surface area contributed by atoms with Gasteiger partial charge in [-0.2, -0.15) is 0 Å². The number of aryl methyl sites for hydroxylation is 2. The smallest absolute Gasteiger partial charge is 0.325 e. The van der Waals surface area contributed by atoms with E-state index in [1.807, 2.05) is 6.92 Å². The number of carbonyl (C=O) groups excluding carboxylic acids is 3. The second-order valence-electron chi connectivity index (χ2n) is 9.04. The first-order valence-electron chi connectivity index (χ1n) is 12.0. The molecule has 0 aliphatic heterocycles. The van der Waals surface area contributed by atoms with Gasteiger partial charge in [-0.3, -0.25) is 14.4 Å². The molecule has 2 atom stereocenters. The standard InChI is InChI=1S/C27H34N2O7/c1-16-9-10-21(17(2)13-16)24(20-7-6-8-20)18(3)36-23(31)14-29-27(32)25-26(35-15-34-19(4)30)22(33-5)11-12-28-25/h9-13,18,20,24H,6-8,14-15H2,1-5H3,(H,29,32). The summed E-state index contributed by atoms with van der Waals surface area (Å²) in [5.41, 5.74) is 3.47.